The summed E-state index contributed by atoms with van der Waals surface area (Å²) >= 11 is 0. The average Bonchev–Trinajstić information content (AvgIpc) is 2.43. The largest absolute Gasteiger partial charge is 0.442 e. The van der Waals surface area contributed by atoms with E-state index in [0.717, 1.165) is 0 Å². The molecule has 0 bridgehead atoms. The van der Waals surface area contributed by atoms with Gasteiger partial charge in [0.05, 0.1) is 12.6 Å². The van der Waals surface area contributed by atoms with Crippen molar-refractivity contribution in [1.29, 1.82) is 0 Å². The van der Waals surface area contributed by atoms with Crippen molar-refractivity contribution in [3.05, 3.63) is 12.7 Å². The molecule has 0 saturated carbocycles. The number of hydrogen-bond acceptors (Lipinski definition) is 3. The molecule has 1 fully saturated rings. The minimum atomic E-state index is -0.502. The van der Waals surface area contributed by atoms with E-state index in [9.17, 15) is 4.79 Å². The minimum Gasteiger partial charge on any atom is -0.442 e. The highest BCUT2D eigenvalue weighted by Gasteiger charge is 2.36. The van der Waals surface area contributed by atoms with Crippen LogP contribution in [0.5, 0.6) is 0 Å². The van der Waals surface area contributed by atoms with Crippen LogP contribution in [0, 0.1) is 5.92 Å². The molecule has 1 saturated heterocycles. The fourth-order valence-corrected chi connectivity index (χ4v) is 1.42. The van der Waals surface area contributed by atoms with Gasteiger partial charge in [-0.05, 0) is 20.8 Å². The Labute approximate surface area is 90.8 Å². The first-order valence-corrected chi connectivity index (χ1v) is 5.13. The van der Waals surface area contributed by atoms with E-state index < -0.39 is 11.7 Å². The number of hydroxylamine groups is 2. The van der Waals surface area contributed by atoms with Gasteiger partial charge in [-0.15, -0.1) is 6.58 Å². The van der Waals surface area contributed by atoms with Crippen molar-refractivity contribution >= 4 is 6.09 Å². The number of nitrogens with zero attached hydrogens (tertiary/aromatic N) is 1. The molecule has 1 amide bonds. The Balaban J connectivity index is 2.64. The van der Waals surface area contributed by atoms with Crippen LogP contribution in [0.1, 0.15) is 27.7 Å². The van der Waals surface area contributed by atoms with E-state index >= 15 is 0 Å². The molecule has 15 heavy (non-hydrogen) atoms. The Morgan fingerprint density at radius 3 is 2.67 bits per heavy atom. The highest BCUT2D eigenvalue weighted by Crippen LogP contribution is 2.23. The van der Waals surface area contributed by atoms with Gasteiger partial charge in [-0.2, -0.15) is 5.06 Å². The Hall–Kier alpha value is -1.03. The van der Waals surface area contributed by atoms with Crippen molar-refractivity contribution in [3.8, 4) is 0 Å². The van der Waals surface area contributed by atoms with E-state index in [1.807, 2.05) is 27.7 Å². The predicted octanol–water partition coefficient (Wildman–Crippen LogP) is 2.36. The van der Waals surface area contributed by atoms with Crippen LogP contribution < -0.4 is 0 Å². The summed E-state index contributed by atoms with van der Waals surface area (Å²) in [5.74, 6) is 0.259. The molecule has 0 aromatic heterocycles. The summed E-state index contributed by atoms with van der Waals surface area (Å²) in [7, 11) is 0. The van der Waals surface area contributed by atoms with Gasteiger partial charge in [0.15, 0.2) is 0 Å². The molecule has 0 N–H and O–H groups in total. The highest BCUT2D eigenvalue weighted by atomic mass is 16.7. The van der Waals surface area contributed by atoms with Crippen molar-refractivity contribution in [2.45, 2.75) is 39.3 Å². The van der Waals surface area contributed by atoms with E-state index in [2.05, 4.69) is 6.58 Å². The second kappa shape index (κ2) is 4.23. The van der Waals surface area contributed by atoms with Gasteiger partial charge in [-0.1, -0.05) is 13.0 Å². The van der Waals surface area contributed by atoms with Gasteiger partial charge in [0.2, 0.25) is 0 Å². The smallest absolute Gasteiger partial charge is 0.435 e. The molecular weight excluding hydrogens is 194 g/mol. The topological polar surface area (TPSA) is 38.8 Å². The van der Waals surface area contributed by atoms with Crippen LogP contribution >= 0.6 is 0 Å². The molecule has 4 heteroatoms. The summed E-state index contributed by atoms with van der Waals surface area (Å²) in [6.45, 7) is 11.7. The van der Waals surface area contributed by atoms with Crippen LogP contribution in [0.25, 0.3) is 0 Å². The molecule has 0 radical (unpaired) electrons. The number of hydrogen-bond donors (Lipinski definition) is 0. The van der Waals surface area contributed by atoms with Crippen LogP contribution in [-0.4, -0.2) is 29.4 Å². The Bertz CT molecular complexity index is 257. The first-order valence-electron chi connectivity index (χ1n) is 5.13. The van der Waals surface area contributed by atoms with Gasteiger partial charge in [0.25, 0.3) is 0 Å². The number of amides is 1. The molecule has 1 rings (SSSR count). The summed E-state index contributed by atoms with van der Waals surface area (Å²) in [5.41, 5.74) is -0.502. The molecule has 1 aliphatic rings. The molecule has 2 atom stereocenters. The standard InChI is InChI=1S/C11H19NO3/c1-6-9-8(2)7-14-12(9)10(13)15-11(3,4)5/h6,8-9H,1,7H2,2-5H3/t8-,9+/m1/s1. The number of ether oxygens (including phenoxy) is 1. The summed E-state index contributed by atoms with van der Waals surface area (Å²) in [6.07, 6.45) is 1.26. The van der Waals surface area contributed by atoms with Crippen molar-refractivity contribution in [1.82, 2.24) is 5.06 Å². The molecule has 0 aliphatic carbocycles. The molecule has 86 valence electrons. The zero-order valence-corrected chi connectivity index (χ0v) is 9.82. The predicted molar refractivity (Wildman–Crippen MR) is 57.2 cm³/mol. The van der Waals surface area contributed by atoms with E-state index in [-0.39, 0.29) is 12.0 Å². The fourth-order valence-electron chi connectivity index (χ4n) is 1.42. The third-order valence-electron chi connectivity index (χ3n) is 2.15. The Morgan fingerprint density at radius 2 is 2.20 bits per heavy atom. The minimum absolute atomic E-state index is 0.0974. The summed E-state index contributed by atoms with van der Waals surface area (Å²) in [6, 6.07) is -0.0974. The van der Waals surface area contributed by atoms with Gasteiger partial charge < -0.3 is 4.74 Å². The molecule has 0 aromatic carbocycles. The molecule has 1 heterocycles. The van der Waals surface area contributed by atoms with Gasteiger partial charge in [0.1, 0.15) is 5.60 Å². The Kier molecular flexibility index (Phi) is 3.39. The van der Waals surface area contributed by atoms with Gasteiger partial charge in [0, 0.05) is 5.92 Å². The van der Waals surface area contributed by atoms with E-state index in [1.165, 1.54) is 5.06 Å². The molecule has 0 unspecified atom stereocenters. The maximum Gasteiger partial charge on any atom is 0.435 e. The summed E-state index contributed by atoms with van der Waals surface area (Å²) in [4.78, 5) is 17.0. The average molecular weight is 213 g/mol. The van der Waals surface area contributed by atoms with Crippen LogP contribution in [-0.2, 0) is 9.57 Å². The zero-order valence-electron chi connectivity index (χ0n) is 9.82. The van der Waals surface area contributed by atoms with Crippen molar-refractivity contribution in [2.24, 2.45) is 5.92 Å². The molecule has 0 aromatic rings. The van der Waals surface area contributed by atoms with Crippen molar-refractivity contribution in [2.75, 3.05) is 6.61 Å². The van der Waals surface area contributed by atoms with Crippen molar-refractivity contribution in [3.63, 3.8) is 0 Å². The van der Waals surface area contributed by atoms with Crippen molar-refractivity contribution < 1.29 is 14.4 Å². The number of carbonyl (C=O) groups is 1. The molecular formula is C11H19NO3. The van der Waals surface area contributed by atoms with E-state index in [4.69, 9.17) is 9.57 Å². The van der Waals surface area contributed by atoms with Crippen LogP contribution in [0.4, 0.5) is 4.79 Å². The summed E-state index contributed by atoms with van der Waals surface area (Å²) in [5, 5.41) is 1.27. The van der Waals surface area contributed by atoms with Gasteiger partial charge in [-0.25, -0.2) is 4.79 Å². The quantitative estimate of drug-likeness (QED) is 0.628. The third kappa shape index (κ3) is 2.96. The monoisotopic (exact) mass is 213 g/mol. The second-order valence-corrected chi connectivity index (χ2v) is 4.81. The van der Waals surface area contributed by atoms with Gasteiger partial charge in [-0.3, -0.25) is 4.84 Å². The molecule has 0 spiro atoms. The maximum absolute atomic E-state index is 11.7. The molecule has 1 aliphatic heterocycles. The van der Waals surface area contributed by atoms with Crippen LogP contribution in [0.3, 0.4) is 0 Å². The lowest BCUT2D eigenvalue weighted by Gasteiger charge is -2.26. The first kappa shape index (κ1) is 12.0. The fraction of sp³-hybridized carbons (Fsp3) is 0.727. The highest BCUT2D eigenvalue weighted by molar-refractivity contribution is 5.67. The molecule has 4 nitrogen and oxygen atoms in total. The van der Waals surface area contributed by atoms with Crippen LogP contribution in [0.2, 0.25) is 0 Å². The normalized spacial score (nSPS) is 26.5. The lowest BCUT2D eigenvalue weighted by Crippen LogP contribution is -2.39. The van der Waals surface area contributed by atoms with Gasteiger partial charge >= 0.3 is 6.09 Å². The first-order chi connectivity index (χ1) is 6.85. The van der Waals surface area contributed by atoms with E-state index in [0.29, 0.717) is 6.61 Å². The number of carbonyl (C=O) groups excluding carboxylic acids is 1. The van der Waals surface area contributed by atoms with E-state index in [1.54, 1.807) is 6.08 Å². The number of rotatable bonds is 1. The third-order valence-corrected chi connectivity index (χ3v) is 2.15. The zero-order chi connectivity index (χ0) is 11.6. The SMILES string of the molecule is C=C[C@H]1[C@H](C)CON1C(=O)OC(C)(C)C. The summed E-state index contributed by atoms with van der Waals surface area (Å²) < 4.78 is 5.22. The second-order valence-electron chi connectivity index (χ2n) is 4.81. The van der Waals surface area contributed by atoms with Crippen LogP contribution in [0.15, 0.2) is 12.7 Å². The lowest BCUT2D eigenvalue weighted by molar-refractivity contribution is -0.117. The maximum atomic E-state index is 11.7. The Morgan fingerprint density at radius 1 is 1.60 bits per heavy atom. The lowest BCUT2D eigenvalue weighted by atomic mass is 10.1.